The molecule has 0 saturated heterocycles. The standard InChI is InChI=1S/C15H16BrN3O/c1-19(12-6-3-2-4-7-12)11-10-17-15(20)13-8-5-9-14(16)18-13/h2-9H,10-11H2,1H3,(H,17,20). The molecule has 1 heterocycles. The first kappa shape index (κ1) is 14.5. The largest absolute Gasteiger partial charge is 0.373 e. The molecular formula is C15H16BrN3O. The van der Waals surface area contributed by atoms with Gasteiger partial charge in [-0.15, -0.1) is 0 Å². The van der Waals surface area contributed by atoms with Crippen molar-refractivity contribution in [1.29, 1.82) is 0 Å². The zero-order valence-electron chi connectivity index (χ0n) is 11.2. The number of carbonyl (C=O) groups excluding carboxylic acids is 1. The summed E-state index contributed by atoms with van der Waals surface area (Å²) >= 11 is 3.25. The van der Waals surface area contributed by atoms with E-state index in [1.807, 2.05) is 37.4 Å². The van der Waals surface area contributed by atoms with Crippen LogP contribution in [0, 0.1) is 0 Å². The zero-order valence-corrected chi connectivity index (χ0v) is 12.8. The van der Waals surface area contributed by atoms with Gasteiger partial charge in [-0.3, -0.25) is 4.79 Å². The number of likely N-dealkylation sites (N-methyl/N-ethyl adjacent to an activating group) is 1. The molecule has 1 aromatic carbocycles. The lowest BCUT2D eigenvalue weighted by atomic mass is 10.3. The van der Waals surface area contributed by atoms with Gasteiger partial charge in [0.1, 0.15) is 10.3 Å². The van der Waals surface area contributed by atoms with Gasteiger partial charge in [0.2, 0.25) is 0 Å². The molecule has 0 unspecified atom stereocenters. The van der Waals surface area contributed by atoms with Gasteiger partial charge < -0.3 is 10.2 Å². The van der Waals surface area contributed by atoms with Gasteiger partial charge in [-0.05, 0) is 40.2 Å². The third kappa shape index (κ3) is 4.06. The number of nitrogens with zero attached hydrogens (tertiary/aromatic N) is 2. The fraction of sp³-hybridized carbons (Fsp3) is 0.200. The van der Waals surface area contributed by atoms with E-state index in [1.54, 1.807) is 18.2 Å². The van der Waals surface area contributed by atoms with Crippen molar-refractivity contribution >= 4 is 27.5 Å². The summed E-state index contributed by atoms with van der Waals surface area (Å²) in [4.78, 5) is 18.1. The number of para-hydroxylation sites is 1. The number of hydrogen-bond acceptors (Lipinski definition) is 3. The van der Waals surface area contributed by atoms with Crippen LogP contribution in [0.1, 0.15) is 10.5 Å². The van der Waals surface area contributed by atoms with E-state index in [9.17, 15) is 4.79 Å². The minimum Gasteiger partial charge on any atom is -0.373 e. The Morgan fingerprint density at radius 1 is 1.20 bits per heavy atom. The molecule has 1 aromatic heterocycles. The van der Waals surface area contributed by atoms with E-state index in [4.69, 9.17) is 0 Å². The molecule has 4 nitrogen and oxygen atoms in total. The average molecular weight is 334 g/mol. The average Bonchev–Trinajstić information content (AvgIpc) is 2.48. The van der Waals surface area contributed by atoms with Gasteiger partial charge in [-0.25, -0.2) is 4.98 Å². The third-order valence-electron chi connectivity index (χ3n) is 2.88. The number of benzene rings is 1. The Kier molecular flexibility index (Phi) is 5.12. The third-order valence-corrected chi connectivity index (χ3v) is 3.32. The molecule has 0 fully saturated rings. The molecule has 0 atom stereocenters. The summed E-state index contributed by atoms with van der Waals surface area (Å²) in [6.45, 7) is 1.31. The highest BCUT2D eigenvalue weighted by molar-refractivity contribution is 9.10. The van der Waals surface area contributed by atoms with Crippen LogP contribution in [0.3, 0.4) is 0 Å². The fourth-order valence-corrected chi connectivity index (χ4v) is 2.12. The smallest absolute Gasteiger partial charge is 0.269 e. The second kappa shape index (κ2) is 7.05. The Hall–Kier alpha value is -1.88. The zero-order chi connectivity index (χ0) is 14.4. The van der Waals surface area contributed by atoms with E-state index in [2.05, 4.69) is 31.1 Å². The van der Waals surface area contributed by atoms with Crippen LogP contribution in [0.2, 0.25) is 0 Å². The van der Waals surface area contributed by atoms with Crippen LogP contribution in [-0.2, 0) is 0 Å². The molecule has 2 rings (SSSR count). The molecule has 20 heavy (non-hydrogen) atoms. The molecule has 0 aliphatic rings. The number of halogens is 1. The first-order valence-electron chi connectivity index (χ1n) is 6.34. The molecule has 0 aliphatic carbocycles. The summed E-state index contributed by atoms with van der Waals surface area (Å²) in [5.41, 5.74) is 1.55. The summed E-state index contributed by atoms with van der Waals surface area (Å²) in [5.74, 6) is -0.159. The molecule has 0 spiro atoms. The number of rotatable bonds is 5. The number of amides is 1. The molecule has 1 N–H and O–H groups in total. The lowest BCUT2D eigenvalue weighted by Crippen LogP contribution is -2.33. The SMILES string of the molecule is CN(CCNC(=O)c1cccc(Br)n1)c1ccccc1. The van der Waals surface area contributed by atoms with Crippen molar-refractivity contribution in [3.63, 3.8) is 0 Å². The Balaban J connectivity index is 1.83. The molecule has 0 aliphatic heterocycles. The van der Waals surface area contributed by atoms with Crippen LogP contribution in [0.5, 0.6) is 0 Å². The van der Waals surface area contributed by atoms with Gasteiger partial charge in [0.15, 0.2) is 0 Å². The van der Waals surface area contributed by atoms with Crippen LogP contribution in [0.4, 0.5) is 5.69 Å². The first-order valence-corrected chi connectivity index (χ1v) is 7.13. The van der Waals surface area contributed by atoms with Crippen molar-refractivity contribution in [3.8, 4) is 0 Å². The minimum atomic E-state index is -0.159. The monoisotopic (exact) mass is 333 g/mol. The summed E-state index contributed by atoms with van der Waals surface area (Å²) < 4.78 is 0.659. The number of aromatic nitrogens is 1. The van der Waals surface area contributed by atoms with Crippen molar-refractivity contribution in [1.82, 2.24) is 10.3 Å². The van der Waals surface area contributed by atoms with Crippen LogP contribution < -0.4 is 10.2 Å². The van der Waals surface area contributed by atoms with Gasteiger partial charge in [-0.1, -0.05) is 24.3 Å². The van der Waals surface area contributed by atoms with Crippen LogP contribution in [0.15, 0.2) is 53.1 Å². The van der Waals surface area contributed by atoms with Crippen molar-refractivity contribution in [2.45, 2.75) is 0 Å². The quantitative estimate of drug-likeness (QED) is 0.855. The molecular weight excluding hydrogens is 318 g/mol. The number of carbonyl (C=O) groups is 1. The Morgan fingerprint density at radius 2 is 1.95 bits per heavy atom. The van der Waals surface area contributed by atoms with Gasteiger partial charge >= 0.3 is 0 Å². The van der Waals surface area contributed by atoms with E-state index in [0.29, 0.717) is 16.8 Å². The molecule has 0 saturated carbocycles. The number of nitrogens with one attached hydrogen (secondary N) is 1. The Bertz CT molecular complexity index is 574. The summed E-state index contributed by atoms with van der Waals surface area (Å²) in [6.07, 6.45) is 0. The molecule has 104 valence electrons. The predicted molar refractivity (Wildman–Crippen MR) is 84.0 cm³/mol. The van der Waals surface area contributed by atoms with Crippen LogP contribution in [0.25, 0.3) is 0 Å². The molecule has 2 aromatic rings. The highest BCUT2D eigenvalue weighted by Crippen LogP contribution is 2.10. The van der Waals surface area contributed by atoms with Gasteiger partial charge in [0.05, 0.1) is 0 Å². The lowest BCUT2D eigenvalue weighted by molar-refractivity contribution is 0.0949. The number of pyridine rings is 1. The molecule has 1 amide bonds. The first-order chi connectivity index (χ1) is 9.66. The number of anilines is 1. The summed E-state index contributed by atoms with van der Waals surface area (Å²) in [6, 6.07) is 15.3. The van der Waals surface area contributed by atoms with Gasteiger partial charge in [-0.2, -0.15) is 0 Å². The second-order valence-corrected chi connectivity index (χ2v) is 5.17. The van der Waals surface area contributed by atoms with Crippen LogP contribution >= 0.6 is 15.9 Å². The molecule has 5 heteroatoms. The van der Waals surface area contributed by atoms with Crippen LogP contribution in [-0.4, -0.2) is 31.0 Å². The fourth-order valence-electron chi connectivity index (χ4n) is 1.77. The van der Waals surface area contributed by atoms with E-state index >= 15 is 0 Å². The molecule has 0 bridgehead atoms. The van der Waals surface area contributed by atoms with E-state index in [-0.39, 0.29) is 5.91 Å². The van der Waals surface area contributed by atoms with Crippen molar-refractivity contribution in [2.75, 3.05) is 25.0 Å². The predicted octanol–water partition coefficient (Wildman–Crippen LogP) is 2.71. The lowest BCUT2D eigenvalue weighted by Gasteiger charge is -2.19. The highest BCUT2D eigenvalue weighted by Gasteiger charge is 2.07. The van der Waals surface area contributed by atoms with Gasteiger partial charge in [0.25, 0.3) is 5.91 Å². The Morgan fingerprint density at radius 3 is 2.65 bits per heavy atom. The van der Waals surface area contributed by atoms with E-state index in [0.717, 1.165) is 12.2 Å². The van der Waals surface area contributed by atoms with Crippen molar-refractivity contribution in [3.05, 3.63) is 58.8 Å². The summed E-state index contributed by atoms with van der Waals surface area (Å²) in [7, 11) is 2.00. The maximum atomic E-state index is 11.9. The highest BCUT2D eigenvalue weighted by atomic mass is 79.9. The van der Waals surface area contributed by atoms with E-state index in [1.165, 1.54) is 0 Å². The normalized spacial score (nSPS) is 10.1. The number of hydrogen-bond donors (Lipinski definition) is 1. The summed E-state index contributed by atoms with van der Waals surface area (Å²) in [5, 5.41) is 2.86. The second-order valence-electron chi connectivity index (χ2n) is 4.36. The maximum Gasteiger partial charge on any atom is 0.269 e. The van der Waals surface area contributed by atoms with Crippen molar-refractivity contribution in [2.24, 2.45) is 0 Å². The van der Waals surface area contributed by atoms with Crippen molar-refractivity contribution < 1.29 is 4.79 Å². The molecule has 0 radical (unpaired) electrons. The van der Waals surface area contributed by atoms with E-state index < -0.39 is 0 Å². The minimum absolute atomic E-state index is 0.159. The topological polar surface area (TPSA) is 45.2 Å². The maximum absolute atomic E-state index is 11.9. The van der Waals surface area contributed by atoms with Gasteiger partial charge in [0, 0.05) is 25.8 Å². The Labute approximate surface area is 127 Å².